The van der Waals surface area contributed by atoms with Crippen LogP contribution in [0.1, 0.15) is 35.4 Å². The fraction of sp³-hybridized carbons (Fsp3) is 0.467. The molecule has 21 heavy (non-hydrogen) atoms. The zero-order valence-corrected chi connectivity index (χ0v) is 12.5. The summed E-state index contributed by atoms with van der Waals surface area (Å²) in [6.45, 7) is 1.67. The van der Waals surface area contributed by atoms with Gasteiger partial charge in [0.15, 0.2) is 0 Å². The molecule has 1 aromatic carbocycles. The van der Waals surface area contributed by atoms with E-state index in [9.17, 15) is 19.8 Å². The Balaban J connectivity index is 2.73. The Morgan fingerprint density at radius 1 is 1.29 bits per heavy atom. The van der Waals surface area contributed by atoms with Crippen LogP contribution >= 0.6 is 0 Å². The van der Waals surface area contributed by atoms with E-state index in [1.165, 1.54) is 11.8 Å². The first-order valence-corrected chi connectivity index (χ1v) is 6.75. The number of benzene rings is 1. The van der Waals surface area contributed by atoms with Crippen molar-refractivity contribution in [3.8, 4) is 0 Å². The van der Waals surface area contributed by atoms with E-state index in [2.05, 4.69) is 5.32 Å². The van der Waals surface area contributed by atoms with Crippen LogP contribution in [0.4, 0.5) is 0 Å². The summed E-state index contributed by atoms with van der Waals surface area (Å²) in [6.07, 6.45) is -1.89. The topological polar surface area (TPSA) is 89.9 Å². The van der Waals surface area contributed by atoms with Gasteiger partial charge in [0.05, 0.1) is 6.10 Å². The average Bonchev–Trinajstić information content (AvgIpc) is 2.45. The lowest BCUT2D eigenvalue weighted by Gasteiger charge is -2.19. The number of carbonyl (C=O) groups is 2. The molecule has 0 aromatic heterocycles. The average molecular weight is 294 g/mol. The molecule has 0 fully saturated rings. The molecule has 0 aliphatic carbocycles. The summed E-state index contributed by atoms with van der Waals surface area (Å²) in [7, 11) is 3.29. The number of aliphatic hydroxyl groups is 2. The summed E-state index contributed by atoms with van der Waals surface area (Å²) >= 11 is 0. The van der Waals surface area contributed by atoms with Gasteiger partial charge in [-0.2, -0.15) is 0 Å². The summed E-state index contributed by atoms with van der Waals surface area (Å²) in [5.41, 5.74) is 0.920. The second-order valence-corrected chi connectivity index (χ2v) is 5.11. The van der Waals surface area contributed by atoms with Gasteiger partial charge in [-0.15, -0.1) is 0 Å². The number of hydrogen-bond donors (Lipinski definition) is 3. The number of amides is 2. The van der Waals surface area contributed by atoms with Crippen LogP contribution < -0.4 is 5.32 Å². The van der Waals surface area contributed by atoms with Gasteiger partial charge < -0.3 is 20.4 Å². The molecule has 0 heterocycles. The van der Waals surface area contributed by atoms with Crippen LogP contribution in [0, 0.1) is 0 Å². The smallest absolute Gasteiger partial charge is 0.253 e. The van der Waals surface area contributed by atoms with Crippen LogP contribution in [0.15, 0.2) is 24.3 Å². The highest BCUT2D eigenvalue weighted by Gasteiger charge is 2.19. The third-order valence-corrected chi connectivity index (χ3v) is 3.06. The Bertz CT molecular complexity index is 502. The summed E-state index contributed by atoms with van der Waals surface area (Å²) in [5, 5.41) is 22.6. The molecule has 6 heteroatoms. The van der Waals surface area contributed by atoms with Crippen molar-refractivity contribution >= 4 is 11.8 Å². The van der Waals surface area contributed by atoms with Crippen LogP contribution in [-0.2, 0) is 4.79 Å². The van der Waals surface area contributed by atoms with Crippen molar-refractivity contribution in [3.63, 3.8) is 0 Å². The van der Waals surface area contributed by atoms with Gasteiger partial charge in [0.2, 0.25) is 5.91 Å². The lowest BCUT2D eigenvalue weighted by atomic mass is 10.00. The van der Waals surface area contributed by atoms with E-state index in [4.69, 9.17) is 0 Å². The molecule has 0 aliphatic heterocycles. The molecule has 2 atom stereocenters. The zero-order valence-electron chi connectivity index (χ0n) is 12.5. The molecule has 0 spiro atoms. The van der Waals surface area contributed by atoms with E-state index in [1.807, 2.05) is 0 Å². The molecular weight excluding hydrogens is 272 g/mol. The highest BCUT2D eigenvalue weighted by molar-refractivity contribution is 5.94. The molecule has 1 rings (SSSR count). The van der Waals surface area contributed by atoms with Crippen LogP contribution in [0.25, 0.3) is 0 Å². The van der Waals surface area contributed by atoms with E-state index >= 15 is 0 Å². The maximum absolute atomic E-state index is 11.9. The van der Waals surface area contributed by atoms with E-state index in [-0.39, 0.29) is 24.8 Å². The van der Waals surface area contributed by atoms with Crippen LogP contribution in [0.5, 0.6) is 0 Å². The van der Waals surface area contributed by atoms with Crippen molar-refractivity contribution in [3.05, 3.63) is 35.4 Å². The van der Waals surface area contributed by atoms with Gasteiger partial charge in [0, 0.05) is 33.1 Å². The minimum atomic E-state index is -1.10. The normalized spacial score (nSPS) is 13.4. The van der Waals surface area contributed by atoms with Gasteiger partial charge in [-0.1, -0.05) is 12.1 Å². The standard InChI is InChI=1S/C15H22N2O4/c1-10(18)16-8-7-13(19)14(20)11-5-4-6-12(9-11)15(21)17(2)3/h4-6,9,13-14,19-20H,7-8H2,1-3H3,(H,16,18). The summed E-state index contributed by atoms with van der Waals surface area (Å²) in [6, 6.07) is 6.53. The minimum absolute atomic E-state index is 0.170. The lowest BCUT2D eigenvalue weighted by Crippen LogP contribution is -2.28. The third kappa shape index (κ3) is 5.17. The first-order chi connectivity index (χ1) is 9.82. The number of hydrogen-bond acceptors (Lipinski definition) is 4. The second kappa shape index (κ2) is 7.75. The number of nitrogens with zero attached hydrogens (tertiary/aromatic N) is 1. The van der Waals surface area contributed by atoms with Crippen molar-refractivity contribution in [2.45, 2.75) is 25.6 Å². The summed E-state index contributed by atoms with van der Waals surface area (Å²) < 4.78 is 0. The maximum Gasteiger partial charge on any atom is 0.253 e. The van der Waals surface area contributed by atoms with Crippen LogP contribution in [-0.4, -0.2) is 53.7 Å². The van der Waals surface area contributed by atoms with Crippen molar-refractivity contribution in [2.75, 3.05) is 20.6 Å². The quantitative estimate of drug-likeness (QED) is 0.704. The van der Waals surface area contributed by atoms with Gasteiger partial charge in [-0.25, -0.2) is 0 Å². The Morgan fingerprint density at radius 3 is 2.52 bits per heavy atom. The van der Waals surface area contributed by atoms with Gasteiger partial charge >= 0.3 is 0 Å². The first-order valence-electron chi connectivity index (χ1n) is 6.75. The third-order valence-electron chi connectivity index (χ3n) is 3.06. The molecule has 2 amide bonds. The predicted octanol–water partition coefficient (Wildman–Crippen LogP) is 0.309. The van der Waals surface area contributed by atoms with Crippen molar-refractivity contribution < 1.29 is 19.8 Å². The van der Waals surface area contributed by atoms with E-state index < -0.39 is 12.2 Å². The number of nitrogens with one attached hydrogen (secondary N) is 1. The molecule has 0 aliphatic rings. The maximum atomic E-state index is 11.9. The molecule has 0 bridgehead atoms. The van der Waals surface area contributed by atoms with Crippen molar-refractivity contribution in [2.24, 2.45) is 0 Å². The first kappa shape index (κ1) is 17.1. The van der Waals surface area contributed by atoms with E-state index in [0.717, 1.165) is 0 Å². The van der Waals surface area contributed by atoms with Gasteiger partial charge in [0.25, 0.3) is 5.91 Å². The monoisotopic (exact) mass is 294 g/mol. The van der Waals surface area contributed by atoms with Crippen LogP contribution in [0.3, 0.4) is 0 Å². The molecular formula is C15H22N2O4. The molecule has 3 N–H and O–H groups in total. The van der Waals surface area contributed by atoms with Gasteiger partial charge in [0.1, 0.15) is 6.10 Å². The largest absolute Gasteiger partial charge is 0.390 e. The molecule has 0 saturated heterocycles. The summed E-state index contributed by atoms with van der Waals surface area (Å²) in [5.74, 6) is -0.355. The highest BCUT2D eigenvalue weighted by Crippen LogP contribution is 2.20. The molecule has 6 nitrogen and oxygen atoms in total. The minimum Gasteiger partial charge on any atom is -0.390 e. The number of aliphatic hydroxyl groups excluding tert-OH is 2. The molecule has 116 valence electrons. The van der Waals surface area contributed by atoms with E-state index in [1.54, 1.807) is 38.4 Å². The fourth-order valence-electron chi connectivity index (χ4n) is 1.89. The van der Waals surface area contributed by atoms with E-state index in [0.29, 0.717) is 11.1 Å². The SMILES string of the molecule is CC(=O)NCCC(O)C(O)c1cccc(C(=O)N(C)C)c1. The fourth-order valence-corrected chi connectivity index (χ4v) is 1.89. The Morgan fingerprint density at radius 2 is 1.95 bits per heavy atom. The number of rotatable bonds is 6. The van der Waals surface area contributed by atoms with Gasteiger partial charge in [-0.3, -0.25) is 9.59 Å². The molecule has 0 radical (unpaired) electrons. The summed E-state index contributed by atoms with van der Waals surface area (Å²) in [4.78, 5) is 24.1. The molecule has 2 unspecified atom stereocenters. The number of carbonyl (C=O) groups excluding carboxylic acids is 2. The van der Waals surface area contributed by atoms with Crippen molar-refractivity contribution in [1.29, 1.82) is 0 Å². The zero-order chi connectivity index (χ0) is 16.0. The van der Waals surface area contributed by atoms with Crippen molar-refractivity contribution in [1.82, 2.24) is 10.2 Å². The highest BCUT2D eigenvalue weighted by atomic mass is 16.3. The Hall–Kier alpha value is -1.92. The Labute approximate surface area is 124 Å². The second-order valence-electron chi connectivity index (χ2n) is 5.11. The predicted molar refractivity (Wildman–Crippen MR) is 78.7 cm³/mol. The van der Waals surface area contributed by atoms with Crippen LogP contribution in [0.2, 0.25) is 0 Å². The lowest BCUT2D eigenvalue weighted by molar-refractivity contribution is -0.119. The molecule has 0 saturated carbocycles. The molecule has 1 aromatic rings. The Kier molecular flexibility index (Phi) is 6.33. The van der Waals surface area contributed by atoms with Gasteiger partial charge in [-0.05, 0) is 24.1 Å².